The van der Waals surface area contributed by atoms with E-state index in [4.69, 9.17) is 4.42 Å². The van der Waals surface area contributed by atoms with Crippen molar-refractivity contribution in [3.05, 3.63) is 83.6 Å². The van der Waals surface area contributed by atoms with Crippen molar-refractivity contribution < 1.29 is 40.3 Å². The van der Waals surface area contributed by atoms with Crippen LogP contribution < -0.4 is 4.90 Å². The number of imide groups is 1. The van der Waals surface area contributed by atoms with Crippen molar-refractivity contribution in [2.75, 3.05) is 11.9 Å². The molecular weight excluding hydrogens is 474 g/mol. The van der Waals surface area contributed by atoms with Crippen LogP contribution in [0.15, 0.2) is 64.1 Å². The van der Waals surface area contributed by atoms with Crippen molar-refractivity contribution in [3.63, 3.8) is 0 Å². The molecule has 0 aliphatic heterocycles. The van der Waals surface area contributed by atoms with Gasteiger partial charge in [-0.1, -0.05) is 6.07 Å². The number of halogens is 6. The van der Waals surface area contributed by atoms with Gasteiger partial charge in [0.15, 0.2) is 11.6 Å². The molecule has 0 fully saturated rings. The first-order valence-electron chi connectivity index (χ1n) is 9.09. The molecule has 0 saturated heterocycles. The van der Waals surface area contributed by atoms with Gasteiger partial charge in [0.25, 0.3) is 5.91 Å². The highest BCUT2D eigenvalue weighted by atomic mass is 32.2. The SMILES string of the molecule is CN(C(=O)N(Cc1ccco1)C(=O)c1cccc(F)c1F)c1ccc(SC(F)(F)F)cc1F. The van der Waals surface area contributed by atoms with E-state index in [0.29, 0.717) is 15.9 Å². The highest BCUT2D eigenvalue weighted by molar-refractivity contribution is 8.00. The minimum Gasteiger partial charge on any atom is -0.467 e. The van der Waals surface area contributed by atoms with Gasteiger partial charge in [0.1, 0.15) is 11.6 Å². The molecule has 1 heterocycles. The van der Waals surface area contributed by atoms with Crippen molar-refractivity contribution >= 4 is 29.4 Å². The number of urea groups is 1. The Bertz CT molecular complexity index is 1170. The first-order chi connectivity index (χ1) is 15.5. The second-order valence-electron chi connectivity index (χ2n) is 6.57. The zero-order valence-electron chi connectivity index (χ0n) is 16.7. The summed E-state index contributed by atoms with van der Waals surface area (Å²) in [5.74, 6) is -5.09. The summed E-state index contributed by atoms with van der Waals surface area (Å²) in [5.41, 5.74) is -5.83. The molecule has 33 heavy (non-hydrogen) atoms. The second kappa shape index (κ2) is 9.61. The molecule has 0 bridgehead atoms. The number of anilines is 1. The molecule has 1 aromatic heterocycles. The number of nitrogens with zero attached hydrogens (tertiary/aromatic N) is 2. The smallest absolute Gasteiger partial charge is 0.446 e. The number of carbonyl (C=O) groups is 2. The Balaban J connectivity index is 1.94. The summed E-state index contributed by atoms with van der Waals surface area (Å²) >= 11 is -0.540. The van der Waals surface area contributed by atoms with Crippen LogP contribution in [0.2, 0.25) is 0 Å². The van der Waals surface area contributed by atoms with Crippen LogP contribution in [0.1, 0.15) is 16.1 Å². The molecular formula is C21H14F6N2O3S. The number of rotatable bonds is 5. The maximum Gasteiger partial charge on any atom is 0.446 e. The van der Waals surface area contributed by atoms with Gasteiger partial charge in [0.05, 0.1) is 24.1 Å². The first kappa shape index (κ1) is 24.2. The monoisotopic (exact) mass is 488 g/mol. The fourth-order valence-corrected chi connectivity index (χ4v) is 3.41. The minimum atomic E-state index is -4.64. The van der Waals surface area contributed by atoms with E-state index in [0.717, 1.165) is 37.4 Å². The predicted molar refractivity (Wildman–Crippen MR) is 107 cm³/mol. The van der Waals surface area contributed by atoms with Crippen LogP contribution in [0.25, 0.3) is 0 Å². The van der Waals surface area contributed by atoms with E-state index >= 15 is 0 Å². The fourth-order valence-electron chi connectivity index (χ4n) is 2.84. The summed E-state index contributed by atoms with van der Waals surface area (Å²) in [5, 5.41) is 0. The number of alkyl halides is 3. The Labute approximate surface area is 187 Å². The van der Waals surface area contributed by atoms with Crippen LogP contribution >= 0.6 is 11.8 Å². The molecule has 5 nitrogen and oxygen atoms in total. The summed E-state index contributed by atoms with van der Waals surface area (Å²) in [4.78, 5) is 26.7. The maximum absolute atomic E-state index is 14.5. The van der Waals surface area contributed by atoms with E-state index in [2.05, 4.69) is 0 Å². The molecule has 2 aromatic carbocycles. The van der Waals surface area contributed by atoms with E-state index in [1.165, 1.54) is 18.4 Å². The summed E-state index contributed by atoms with van der Waals surface area (Å²) in [6.45, 7) is -0.505. The van der Waals surface area contributed by atoms with Gasteiger partial charge >= 0.3 is 11.5 Å². The van der Waals surface area contributed by atoms with Crippen LogP contribution in [0.5, 0.6) is 0 Å². The van der Waals surface area contributed by atoms with Crippen molar-refractivity contribution in [3.8, 4) is 0 Å². The third-order valence-corrected chi connectivity index (χ3v) is 5.07. The van der Waals surface area contributed by atoms with Gasteiger partial charge in [-0.15, -0.1) is 0 Å². The third kappa shape index (κ3) is 5.69. The minimum absolute atomic E-state index is 0.110. The van der Waals surface area contributed by atoms with Gasteiger partial charge in [-0.25, -0.2) is 18.0 Å². The zero-order valence-corrected chi connectivity index (χ0v) is 17.5. The number of benzene rings is 2. The number of thioether (sulfide) groups is 1. The van der Waals surface area contributed by atoms with Gasteiger partial charge in [0, 0.05) is 11.9 Å². The number of hydrogen-bond donors (Lipinski definition) is 0. The molecule has 0 unspecified atom stereocenters. The average Bonchev–Trinajstić information content (AvgIpc) is 3.25. The van der Waals surface area contributed by atoms with Crippen LogP contribution in [-0.4, -0.2) is 29.4 Å². The van der Waals surface area contributed by atoms with E-state index in [1.807, 2.05) is 0 Å². The van der Waals surface area contributed by atoms with E-state index in [1.54, 1.807) is 0 Å². The van der Waals surface area contributed by atoms with E-state index in [9.17, 15) is 35.9 Å². The van der Waals surface area contributed by atoms with Crippen LogP contribution in [0.3, 0.4) is 0 Å². The Hall–Kier alpha value is -3.41. The van der Waals surface area contributed by atoms with Crippen LogP contribution in [0.4, 0.5) is 36.8 Å². The molecule has 0 aliphatic carbocycles. The molecule has 0 spiro atoms. The fraction of sp³-hybridized carbons (Fsp3) is 0.143. The molecule has 0 radical (unpaired) electrons. The third-order valence-electron chi connectivity index (χ3n) is 4.35. The summed E-state index contributed by atoms with van der Waals surface area (Å²) in [6, 6.07) is 7.01. The van der Waals surface area contributed by atoms with Gasteiger partial charge in [-0.05, 0) is 54.2 Å². The molecule has 0 aliphatic rings. The lowest BCUT2D eigenvalue weighted by Gasteiger charge is -2.27. The largest absolute Gasteiger partial charge is 0.467 e. The molecule has 0 atom stereocenters. The lowest BCUT2D eigenvalue weighted by atomic mass is 10.1. The molecule has 174 valence electrons. The highest BCUT2D eigenvalue weighted by Gasteiger charge is 2.32. The predicted octanol–water partition coefficient (Wildman–Crippen LogP) is 6.21. The first-order valence-corrected chi connectivity index (χ1v) is 9.91. The Kier molecular flexibility index (Phi) is 7.06. The van der Waals surface area contributed by atoms with Gasteiger partial charge < -0.3 is 4.42 Å². The van der Waals surface area contributed by atoms with Gasteiger partial charge in [-0.3, -0.25) is 14.6 Å². The zero-order chi connectivity index (χ0) is 24.3. The molecule has 12 heteroatoms. The van der Waals surface area contributed by atoms with Gasteiger partial charge in [-0.2, -0.15) is 13.2 Å². The van der Waals surface area contributed by atoms with E-state index in [-0.39, 0.29) is 5.76 Å². The lowest BCUT2D eigenvalue weighted by molar-refractivity contribution is -0.0328. The number of hydrogen-bond acceptors (Lipinski definition) is 4. The summed E-state index contributed by atoms with van der Waals surface area (Å²) < 4.78 is 85.0. The second-order valence-corrected chi connectivity index (χ2v) is 7.71. The van der Waals surface area contributed by atoms with E-state index < -0.39 is 69.4 Å². The number of carbonyl (C=O) groups excluding carboxylic acids is 2. The quantitative estimate of drug-likeness (QED) is 0.317. The number of furan rings is 1. The van der Waals surface area contributed by atoms with Crippen molar-refractivity contribution in [2.24, 2.45) is 0 Å². The van der Waals surface area contributed by atoms with Crippen molar-refractivity contribution in [1.82, 2.24) is 4.90 Å². The molecule has 0 N–H and O–H groups in total. The summed E-state index contributed by atoms with van der Waals surface area (Å²) in [6.07, 6.45) is 1.26. The summed E-state index contributed by atoms with van der Waals surface area (Å²) in [7, 11) is 1.07. The van der Waals surface area contributed by atoms with Crippen LogP contribution in [-0.2, 0) is 6.54 Å². The van der Waals surface area contributed by atoms with Crippen molar-refractivity contribution in [2.45, 2.75) is 16.9 Å². The Morgan fingerprint density at radius 3 is 2.33 bits per heavy atom. The Morgan fingerprint density at radius 1 is 1.00 bits per heavy atom. The van der Waals surface area contributed by atoms with Crippen molar-refractivity contribution in [1.29, 1.82) is 0 Å². The number of amides is 3. The Morgan fingerprint density at radius 2 is 1.73 bits per heavy atom. The molecule has 3 aromatic rings. The maximum atomic E-state index is 14.5. The molecule has 0 saturated carbocycles. The standard InChI is InChI=1S/C21H14F6N2O3S/c1-28(17-8-7-13(10-16(17)23)33-21(25,26)27)20(31)29(11-12-4-3-9-32-12)19(30)14-5-2-6-15(22)18(14)24/h2-10H,11H2,1H3. The average molecular weight is 488 g/mol. The normalized spacial score (nSPS) is 11.4. The highest BCUT2D eigenvalue weighted by Crippen LogP contribution is 2.38. The molecule has 3 rings (SSSR count). The van der Waals surface area contributed by atoms with Gasteiger partial charge in [0.2, 0.25) is 0 Å². The van der Waals surface area contributed by atoms with Crippen LogP contribution in [0, 0.1) is 17.5 Å². The topological polar surface area (TPSA) is 53.8 Å². The molecule has 3 amide bonds. The lowest BCUT2D eigenvalue weighted by Crippen LogP contribution is -2.45.